The fourth-order valence-corrected chi connectivity index (χ4v) is 3.82. The molecule has 1 heterocycles. The normalized spacial score (nSPS) is 18.1. The van der Waals surface area contributed by atoms with Crippen LogP contribution in [0.25, 0.3) is 0 Å². The van der Waals surface area contributed by atoms with E-state index in [0.29, 0.717) is 14.2 Å². The largest absolute Gasteiger partial charge is 0.349 e. The Kier molecular flexibility index (Phi) is 5.34. The fraction of sp³-hybridized carbons (Fsp3) is 0.615. The SMILES string of the molecule is O=C(NC1CCCCCCC1)c1cc(Cl)sc1Cl. The summed E-state index contributed by atoms with van der Waals surface area (Å²) in [6, 6.07) is 1.93. The van der Waals surface area contributed by atoms with Crippen molar-refractivity contribution in [2.45, 2.75) is 51.0 Å². The van der Waals surface area contributed by atoms with Crippen LogP contribution in [0.1, 0.15) is 55.3 Å². The topological polar surface area (TPSA) is 29.1 Å². The molecular formula is C13H17Cl2NOS. The van der Waals surface area contributed by atoms with Gasteiger partial charge in [-0.25, -0.2) is 0 Å². The Morgan fingerprint density at radius 3 is 2.33 bits per heavy atom. The van der Waals surface area contributed by atoms with Crippen molar-refractivity contribution in [1.82, 2.24) is 5.32 Å². The smallest absolute Gasteiger partial charge is 0.253 e. The zero-order valence-corrected chi connectivity index (χ0v) is 12.5. The molecule has 0 radical (unpaired) electrons. The predicted molar refractivity (Wildman–Crippen MR) is 77.9 cm³/mol. The van der Waals surface area contributed by atoms with Gasteiger partial charge in [-0.05, 0) is 18.9 Å². The molecule has 0 saturated heterocycles. The zero-order chi connectivity index (χ0) is 13.0. The van der Waals surface area contributed by atoms with Crippen molar-refractivity contribution in [3.8, 4) is 0 Å². The molecule has 1 saturated carbocycles. The van der Waals surface area contributed by atoms with E-state index in [1.807, 2.05) is 0 Å². The number of halogens is 2. The standard InChI is InChI=1S/C13H17Cl2NOS/c14-11-8-10(12(15)18-11)13(17)16-9-6-4-2-1-3-5-7-9/h8-9H,1-7H2,(H,16,17). The molecule has 0 spiro atoms. The van der Waals surface area contributed by atoms with E-state index in [2.05, 4.69) is 5.32 Å². The van der Waals surface area contributed by atoms with Crippen molar-refractivity contribution in [3.05, 3.63) is 20.3 Å². The Labute approximate surface area is 122 Å². The summed E-state index contributed by atoms with van der Waals surface area (Å²) in [5.74, 6) is -0.0891. The highest BCUT2D eigenvalue weighted by molar-refractivity contribution is 7.20. The van der Waals surface area contributed by atoms with E-state index in [1.54, 1.807) is 6.07 Å². The van der Waals surface area contributed by atoms with E-state index in [1.165, 1.54) is 43.4 Å². The number of nitrogens with one attached hydrogen (secondary N) is 1. The quantitative estimate of drug-likeness (QED) is 0.827. The van der Waals surface area contributed by atoms with Gasteiger partial charge >= 0.3 is 0 Å². The van der Waals surface area contributed by atoms with Gasteiger partial charge in [0, 0.05) is 6.04 Å². The Morgan fingerprint density at radius 1 is 1.17 bits per heavy atom. The predicted octanol–water partition coefficient (Wildman–Crippen LogP) is 4.90. The number of hydrogen-bond acceptors (Lipinski definition) is 2. The van der Waals surface area contributed by atoms with Gasteiger partial charge in [0.2, 0.25) is 0 Å². The Morgan fingerprint density at radius 2 is 1.78 bits per heavy atom. The van der Waals surface area contributed by atoms with Crippen LogP contribution in [0.4, 0.5) is 0 Å². The Hall–Kier alpha value is -0.250. The molecule has 0 atom stereocenters. The third kappa shape index (κ3) is 3.87. The summed E-state index contributed by atoms with van der Waals surface area (Å²) in [6.45, 7) is 0. The van der Waals surface area contributed by atoms with Crippen molar-refractivity contribution in [2.75, 3.05) is 0 Å². The minimum atomic E-state index is -0.0891. The van der Waals surface area contributed by atoms with E-state index in [0.717, 1.165) is 12.8 Å². The maximum Gasteiger partial charge on any atom is 0.253 e. The van der Waals surface area contributed by atoms with E-state index < -0.39 is 0 Å². The second-order valence-corrected chi connectivity index (χ2v) is 7.04. The Balaban J connectivity index is 1.95. The molecule has 0 bridgehead atoms. The molecule has 1 aromatic heterocycles. The van der Waals surface area contributed by atoms with E-state index >= 15 is 0 Å². The van der Waals surface area contributed by atoms with Gasteiger partial charge in [0.05, 0.1) is 9.90 Å². The molecular weight excluding hydrogens is 289 g/mol. The average Bonchev–Trinajstić information content (AvgIpc) is 2.61. The minimum Gasteiger partial charge on any atom is -0.349 e. The molecule has 1 fully saturated rings. The lowest BCUT2D eigenvalue weighted by atomic mass is 9.96. The van der Waals surface area contributed by atoms with Crippen LogP contribution < -0.4 is 5.32 Å². The van der Waals surface area contributed by atoms with Crippen molar-refractivity contribution in [3.63, 3.8) is 0 Å². The van der Waals surface area contributed by atoms with Crippen molar-refractivity contribution >= 4 is 40.4 Å². The average molecular weight is 306 g/mol. The van der Waals surface area contributed by atoms with Gasteiger partial charge in [-0.15, -0.1) is 11.3 Å². The van der Waals surface area contributed by atoms with Crippen LogP contribution in [0, 0.1) is 0 Å². The highest BCUT2D eigenvalue weighted by Gasteiger charge is 2.18. The first kappa shape index (κ1) is 14.2. The molecule has 100 valence electrons. The van der Waals surface area contributed by atoms with Crippen LogP contribution in [0.15, 0.2) is 6.07 Å². The van der Waals surface area contributed by atoms with Crippen LogP contribution in [0.2, 0.25) is 8.67 Å². The fourth-order valence-electron chi connectivity index (χ4n) is 2.36. The lowest BCUT2D eigenvalue weighted by Crippen LogP contribution is -2.35. The van der Waals surface area contributed by atoms with Gasteiger partial charge in [-0.1, -0.05) is 55.3 Å². The first-order valence-electron chi connectivity index (χ1n) is 6.42. The molecule has 18 heavy (non-hydrogen) atoms. The maximum atomic E-state index is 12.1. The van der Waals surface area contributed by atoms with Crippen molar-refractivity contribution in [1.29, 1.82) is 0 Å². The second kappa shape index (κ2) is 6.78. The number of amides is 1. The number of thiophene rings is 1. The van der Waals surface area contributed by atoms with Crippen molar-refractivity contribution in [2.24, 2.45) is 0 Å². The van der Waals surface area contributed by atoms with Crippen LogP contribution in [0.3, 0.4) is 0 Å². The van der Waals surface area contributed by atoms with E-state index in [-0.39, 0.29) is 11.9 Å². The van der Waals surface area contributed by atoms with Crippen molar-refractivity contribution < 1.29 is 4.79 Å². The summed E-state index contributed by atoms with van der Waals surface area (Å²) in [4.78, 5) is 12.1. The third-order valence-electron chi connectivity index (χ3n) is 3.34. The molecule has 2 nitrogen and oxygen atoms in total. The molecule has 5 heteroatoms. The first-order chi connectivity index (χ1) is 8.66. The zero-order valence-electron chi connectivity index (χ0n) is 10.2. The van der Waals surface area contributed by atoms with Gasteiger partial charge in [-0.3, -0.25) is 4.79 Å². The van der Waals surface area contributed by atoms with Crippen LogP contribution in [0.5, 0.6) is 0 Å². The molecule has 0 aromatic carbocycles. The lowest BCUT2D eigenvalue weighted by Gasteiger charge is -2.20. The highest BCUT2D eigenvalue weighted by Crippen LogP contribution is 2.31. The van der Waals surface area contributed by atoms with Gasteiger partial charge in [0.15, 0.2) is 0 Å². The second-order valence-electron chi connectivity index (χ2n) is 4.75. The molecule has 1 amide bonds. The number of hydrogen-bond donors (Lipinski definition) is 1. The summed E-state index contributed by atoms with van der Waals surface area (Å²) in [5.41, 5.74) is 0.508. The first-order valence-corrected chi connectivity index (χ1v) is 8.00. The van der Waals surface area contributed by atoms with Crippen LogP contribution in [-0.2, 0) is 0 Å². The monoisotopic (exact) mass is 305 g/mol. The van der Waals surface area contributed by atoms with Crippen LogP contribution in [-0.4, -0.2) is 11.9 Å². The molecule has 2 rings (SSSR count). The number of rotatable bonds is 2. The molecule has 1 aromatic rings. The maximum absolute atomic E-state index is 12.1. The molecule has 1 N–H and O–H groups in total. The van der Waals surface area contributed by atoms with Gasteiger partial charge < -0.3 is 5.32 Å². The molecule has 1 aliphatic carbocycles. The summed E-state index contributed by atoms with van der Waals surface area (Å²) in [7, 11) is 0. The number of carbonyl (C=O) groups excluding carboxylic acids is 1. The highest BCUT2D eigenvalue weighted by atomic mass is 35.5. The summed E-state index contributed by atoms with van der Waals surface area (Å²) in [5, 5.41) is 3.08. The van der Waals surface area contributed by atoms with Gasteiger partial charge in [0.1, 0.15) is 4.34 Å². The molecule has 0 unspecified atom stereocenters. The molecule has 1 aliphatic rings. The summed E-state index contributed by atoms with van der Waals surface area (Å²) in [6.07, 6.45) is 8.41. The summed E-state index contributed by atoms with van der Waals surface area (Å²) >= 11 is 13.1. The van der Waals surface area contributed by atoms with Gasteiger partial charge in [0.25, 0.3) is 5.91 Å². The van der Waals surface area contributed by atoms with E-state index in [4.69, 9.17) is 23.2 Å². The number of carbonyl (C=O) groups is 1. The lowest BCUT2D eigenvalue weighted by molar-refractivity contribution is 0.0931. The minimum absolute atomic E-state index is 0.0891. The Bertz CT molecular complexity index is 411. The van der Waals surface area contributed by atoms with Crippen LogP contribution >= 0.6 is 34.5 Å². The van der Waals surface area contributed by atoms with E-state index in [9.17, 15) is 4.79 Å². The molecule has 0 aliphatic heterocycles. The summed E-state index contributed by atoms with van der Waals surface area (Å²) < 4.78 is 1.03. The third-order valence-corrected chi connectivity index (χ3v) is 4.83. The van der Waals surface area contributed by atoms with Gasteiger partial charge in [-0.2, -0.15) is 0 Å².